The summed E-state index contributed by atoms with van der Waals surface area (Å²) in [7, 11) is 0. The topological polar surface area (TPSA) is 26.8 Å². The second kappa shape index (κ2) is 13.2. The molecule has 1 aromatic carbocycles. The molecule has 1 heterocycles. The van der Waals surface area contributed by atoms with E-state index in [1.165, 1.54) is 5.56 Å². The third kappa shape index (κ3) is 7.58. The monoisotopic (exact) mass is 417 g/mol. The minimum absolute atomic E-state index is 0.130. The lowest BCUT2D eigenvalue weighted by atomic mass is 10.2. The standard InChI is InChI=1S/C27H35N3O/c1-5-9-17-25(8-4)30(26(13-6-2)14-7-3)23-27(31)29-20-18-28(19-21-29)22-24-15-11-10-12-16-24/h5-17H,1-2,18-23H2,3-4H3/b14-7-,17-9-,25-8+,26-13+. The molecular formula is C27H35N3O. The van der Waals surface area contributed by atoms with Gasteiger partial charge in [-0.25, -0.2) is 0 Å². The summed E-state index contributed by atoms with van der Waals surface area (Å²) in [5, 5.41) is 0. The highest BCUT2D eigenvalue weighted by molar-refractivity contribution is 5.79. The van der Waals surface area contributed by atoms with Crippen LogP contribution in [0.3, 0.4) is 0 Å². The molecule has 1 aromatic rings. The Labute approximate surface area is 187 Å². The van der Waals surface area contributed by atoms with E-state index >= 15 is 0 Å². The van der Waals surface area contributed by atoms with Crippen molar-refractivity contribution in [2.45, 2.75) is 20.4 Å². The van der Waals surface area contributed by atoms with Crippen molar-refractivity contribution < 1.29 is 4.79 Å². The first-order valence-electron chi connectivity index (χ1n) is 10.8. The first kappa shape index (κ1) is 24.2. The molecular weight excluding hydrogens is 382 g/mol. The molecule has 4 heteroatoms. The predicted molar refractivity (Wildman–Crippen MR) is 131 cm³/mol. The molecule has 1 amide bonds. The highest BCUT2D eigenvalue weighted by Gasteiger charge is 2.24. The molecule has 1 fully saturated rings. The number of hydrogen-bond donors (Lipinski definition) is 0. The van der Waals surface area contributed by atoms with E-state index in [1.54, 1.807) is 12.2 Å². The smallest absolute Gasteiger partial charge is 0.242 e. The molecule has 0 bridgehead atoms. The minimum atomic E-state index is 0.130. The van der Waals surface area contributed by atoms with Gasteiger partial charge in [0.1, 0.15) is 6.54 Å². The normalized spacial score (nSPS) is 16.1. The summed E-state index contributed by atoms with van der Waals surface area (Å²) in [5.74, 6) is 0.130. The highest BCUT2D eigenvalue weighted by atomic mass is 16.2. The number of hydrogen-bond acceptors (Lipinski definition) is 3. The number of carbonyl (C=O) groups excluding carboxylic acids is 1. The molecule has 2 rings (SSSR count). The van der Waals surface area contributed by atoms with Gasteiger partial charge in [-0.2, -0.15) is 0 Å². The van der Waals surface area contributed by atoms with Gasteiger partial charge in [0.15, 0.2) is 0 Å². The predicted octanol–water partition coefficient (Wildman–Crippen LogP) is 4.92. The average Bonchev–Trinajstić information content (AvgIpc) is 2.79. The third-order valence-corrected chi connectivity index (χ3v) is 5.22. The van der Waals surface area contributed by atoms with Gasteiger partial charge in [0.05, 0.1) is 0 Å². The zero-order valence-corrected chi connectivity index (χ0v) is 18.9. The molecule has 0 radical (unpaired) electrons. The van der Waals surface area contributed by atoms with Gasteiger partial charge in [0.2, 0.25) is 5.91 Å². The minimum Gasteiger partial charge on any atom is -0.339 e. The molecule has 0 spiro atoms. The Kier molecular flexibility index (Phi) is 10.3. The van der Waals surface area contributed by atoms with Crippen LogP contribution in [0.25, 0.3) is 0 Å². The van der Waals surface area contributed by atoms with E-state index < -0.39 is 0 Å². The van der Waals surface area contributed by atoms with Gasteiger partial charge in [0.25, 0.3) is 0 Å². The Morgan fingerprint density at radius 2 is 1.71 bits per heavy atom. The number of nitrogens with zero attached hydrogens (tertiary/aromatic N) is 3. The van der Waals surface area contributed by atoms with Crippen LogP contribution in [0.1, 0.15) is 19.4 Å². The summed E-state index contributed by atoms with van der Waals surface area (Å²) in [6.07, 6.45) is 15.2. The van der Waals surface area contributed by atoms with Crippen LogP contribution in [0.2, 0.25) is 0 Å². The Morgan fingerprint density at radius 1 is 1.00 bits per heavy atom. The third-order valence-electron chi connectivity index (χ3n) is 5.22. The molecule has 0 atom stereocenters. The van der Waals surface area contributed by atoms with Gasteiger partial charge in [-0.15, -0.1) is 0 Å². The molecule has 31 heavy (non-hydrogen) atoms. The molecule has 0 aliphatic carbocycles. The quantitative estimate of drug-likeness (QED) is 0.505. The molecule has 0 N–H and O–H groups in total. The van der Waals surface area contributed by atoms with Crippen molar-refractivity contribution in [3.05, 3.63) is 109 Å². The van der Waals surface area contributed by atoms with E-state index in [2.05, 4.69) is 42.3 Å². The van der Waals surface area contributed by atoms with Crippen LogP contribution in [0.5, 0.6) is 0 Å². The Bertz CT molecular complexity index is 840. The zero-order valence-electron chi connectivity index (χ0n) is 18.9. The van der Waals surface area contributed by atoms with Crippen LogP contribution in [0.15, 0.2) is 103 Å². The summed E-state index contributed by atoms with van der Waals surface area (Å²) in [6, 6.07) is 10.5. The summed E-state index contributed by atoms with van der Waals surface area (Å²) in [4.78, 5) is 19.6. The van der Waals surface area contributed by atoms with Crippen molar-refractivity contribution >= 4 is 5.91 Å². The second-order valence-electron chi connectivity index (χ2n) is 7.36. The van der Waals surface area contributed by atoms with Crippen molar-refractivity contribution in [3.63, 3.8) is 0 Å². The van der Waals surface area contributed by atoms with Crippen molar-refractivity contribution in [1.82, 2.24) is 14.7 Å². The van der Waals surface area contributed by atoms with Gasteiger partial charge in [0, 0.05) is 44.1 Å². The van der Waals surface area contributed by atoms with Crippen molar-refractivity contribution in [3.8, 4) is 0 Å². The second-order valence-corrected chi connectivity index (χ2v) is 7.36. The fourth-order valence-electron chi connectivity index (χ4n) is 3.60. The van der Waals surface area contributed by atoms with E-state index in [0.717, 1.165) is 44.1 Å². The zero-order chi connectivity index (χ0) is 22.5. The molecule has 4 nitrogen and oxygen atoms in total. The number of rotatable bonds is 10. The summed E-state index contributed by atoms with van der Waals surface area (Å²) in [5.41, 5.74) is 3.18. The SMILES string of the molecule is C=C/C=C\C(=C/C)N(CC(=O)N1CCN(Cc2ccccc2)CC1)C(/C=C\C)=C/C=C. The molecule has 1 saturated heterocycles. The van der Waals surface area contributed by atoms with Gasteiger partial charge >= 0.3 is 0 Å². The van der Waals surface area contributed by atoms with Crippen LogP contribution >= 0.6 is 0 Å². The maximum Gasteiger partial charge on any atom is 0.242 e. The van der Waals surface area contributed by atoms with E-state index in [0.29, 0.717) is 0 Å². The van der Waals surface area contributed by atoms with Crippen LogP contribution in [0.4, 0.5) is 0 Å². The van der Waals surface area contributed by atoms with E-state index in [-0.39, 0.29) is 12.5 Å². The van der Waals surface area contributed by atoms with Gasteiger partial charge in [-0.1, -0.05) is 73.9 Å². The summed E-state index contributed by atoms with van der Waals surface area (Å²) in [6.45, 7) is 16.0. The van der Waals surface area contributed by atoms with Crippen molar-refractivity contribution in [1.29, 1.82) is 0 Å². The number of allylic oxidation sites excluding steroid dienone is 8. The van der Waals surface area contributed by atoms with Gasteiger partial charge < -0.3 is 9.80 Å². The van der Waals surface area contributed by atoms with E-state index in [9.17, 15) is 4.79 Å². The lowest BCUT2D eigenvalue weighted by Gasteiger charge is -2.36. The Morgan fingerprint density at radius 3 is 2.29 bits per heavy atom. The molecule has 1 aliphatic heterocycles. The van der Waals surface area contributed by atoms with Crippen LogP contribution in [0, 0.1) is 0 Å². The van der Waals surface area contributed by atoms with Crippen LogP contribution in [-0.2, 0) is 11.3 Å². The molecule has 0 unspecified atom stereocenters. The summed E-state index contributed by atoms with van der Waals surface area (Å²) >= 11 is 0. The van der Waals surface area contributed by atoms with Crippen LogP contribution in [-0.4, -0.2) is 53.3 Å². The molecule has 164 valence electrons. The average molecular weight is 418 g/mol. The molecule has 1 aliphatic rings. The molecule has 0 aromatic heterocycles. The number of piperazine rings is 1. The number of amides is 1. The fraction of sp³-hybridized carbons (Fsp3) is 0.296. The highest BCUT2D eigenvalue weighted by Crippen LogP contribution is 2.18. The van der Waals surface area contributed by atoms with Crippen molar-refractivity contribution in [2.75, 3.05) is 32.7 Å². The molecule has 0 saturated carbocycles. The summed E-state index contributed by atoms with van der Waals surface area (Å²) < 4.78 is 0. The van der Waals surface area contributed by atoms with E-state index in [1.807, 2.05) is 66.2 Å². The van der Waals surface area contributed by atoms with Gasteiger partial charge in [-0.05, 0) is 37.6 Å². The fourth-order valence-corrected chi connectivity index (χ4v) is 3.60. The number of carbonyl (C=O) groups is 1. The van der Waals surface area contributed by atoms with E-state index in [4.69, 9.17) is 0 Å². The van der Waals surface area contributed by atoms with Crippen LogP contribution < -0.4 is 0 Å². The number of benzene rings is 1. The Hall–Kier alpha value is -3.11. The van der Waals surface area contributed by atoms with Gasteiger partial charge in [-0.3, -0.25) is 9.69 Å². The largest absolute Gasteiger partial charge is 0.339 e. The maximum absolute atomic E-state index is 13.2. The first-order valence-corrected chi connectivity index (χ1v) is 10.8. The Balaban J connectivity index is 2.07. The maximum atomic E-state index is 13.2. The lowest BCUT2D eigenvalue weighted by molar-refractivity contribution is -0.133. The lowest BCUT2D eigenvalue weighted by Crippen LogP contribution is -2.50. The van der Waals surface area contributed by atoms with Crippen molar-refractivity contribution in [2.24, 2.45) is 0 Å². The first-order chi connectivity index (χ1) is 15.1.